The first kappa shape index (κ1) is 22.0. The third-order valence-corrected chi connectivity index (χ3v) is 6.21. The summed E-state index contributed by atoms with van der Waals surface area (Å²) in [5.74, 6) is 1.95. The molecule has 1 aliphatic heterocycles. The van der Waals surface area contributed by atoms with Crippen molar-refractivity contribution in [2.45, 2.75) is 51.1 Å². The molecular formula is C23H30N6O3. The number of methoxy groups -OCH3 is 1. The van der Waals surface area contributed by atoms with E-state index in [0.717, 1.165) is 36.3 Å². The number of carbonyl (C=O) groups excluding carboxylic acids is 1. The van der Waals surface area contributed by atoms with E-state index in [2.05, 4.69) is 27.1 Å². The number of rotatable bonds is 7. The van der Waals surface area contributed by atoms with Crippen molar-refractivity contribution >= 4 is 35.3 Å². The van der Waals surface area contributed by atoms with Gasteiger partial charge < -0.3 is 25.0 Å². The van der Waals surface area contributed by atoms with Crippen LogP contribution < -0.4 is 19.9 Å². The summed E-state index contributed by atoms with van der Waals surface area (Å²) in [4.78, 5) is 30.1. The van der Waals surface area contributed by atoms with Crippen molar-refractivity contribution < 1.29 is 14.6 Å². The van der Waals surface area contributed by atoms with Gasteiger partial charge in [0.25, 0.3) is 0 Å². The van der Waals surface area contributed by atoms with E-state index in [-0.39, 0.29) is 18.7 Å². The zero-order chi connectivity index (χ0) is 22.7. The summed E-state index contributed by atoms with van der Waals surface area (Å²) in [5.41, 5.74) is 2.26. The van der Waals surface area contributed by atoms with Gasteiger partial charge in [-0.25, -0.2) is 4.98 Å². The molecule has 2 heterocycles. The Labute approximate surface area is 188 Å². The highest BCUT2D eigenvalue weighted by Gasteiger charge is 2.41. The first-order valence-electron chi connectivity index (χ1n) is 11.1. The molecule has 2 N–H and O–H groups in total. The first-order chi connectivity index (χ1) is 15.6. The van der Waals surface area contributed by atoms with Crippen LogP contribution in [0.4, 0.5) is 23.1 Å². The number of ether oxygens (including phenoxy) is 1. The minimum absolute atomic E-state index is 0.0954. The van der Waals surface area contributed by atoms with Crippen LogP contribution in [-0.4, -0.2) is 60.2 Å². The number of likely N-dealkylation sites (N-methyl/N-ethyl adjacent to an activating group) is 1. The van der Waals surface area contributed by atoms with E-state index < -0.39 is 0 Å². The number of benzene rings is 1. The highest BCUT2D eigenvalue weighted by atomic mass is 16.5. The van der Waals surface area contributed by atoms with Crippen molar-refractivity contribution in [2.75, 3.05) is 36.0 Å². The molecular weight excluding hydrogens is 408 g/mol. The van der Waals surface area contributed by atoms with Crippen LogP contribution in [0.1, 0.15) is 44.6 Å². The van der Waals surface area contributed by atoms with E-state index in [0.29, 0.717) is 23.4 Å². The number of aliphatic hydroxyl groups excluding tert-OH is 1. The lowest BCUT2D eigenvalue weighted by molar-refractivity contribution is -0.120. The van der Waals surface area contributed by atoms with E-state index >= 15 is 0 Å². The second-order valence-corrected chi connectivity index (χ2v) is 8.11. The topological polar surface area (TPSA) is 103 Å². The highest BCUT2D eigenvalue weighted by Crippen LogP contribution is 2.40. The van der Waals surface area contributed by atoms with Crippen LogP contribution in [0.15, 0.2) is 29.4 Å². The predicted molar refractivity (Wildman–Crippen MR) is 125 cm³/mol. The molecule has 0 saturated heterocycles. The van der Waals surface area contributed by atoms with Gasteiger partial charge in [-0.3, -0.25) is 9.79 Å². The average molecular weight is 439 g/mol. The normalized spacial score (nSPS) is 19.0. The number of amides is 1. The summed E-state index contributed by atoms with van der Waals surface area (Å²) >= 11 is 0. The van der Waals surface area contributed by atoms with Crippen LogP contribution in [0.3, 0.4) is 0 Å². The Kier molecular flexibility index (Phi) is 6.55. The van der Waals surface area contributed by atoms with Gasteiger partial charge in [-0.1, -0.05) is 25.8 Å². The van der Waals surface area contributed by atoms with Gasteiger partial charge in [0.2, 0.25) is 11.9 Å². The molecule has 0 unspecified atom stereocenters. The lowest BCUT2D eigenvalue weighted by atomic mass is 10.0. The number of carbonyl (C=O) groups is 1. The summed E-state index contributed by atoms with van der Waals surface area (Å²) in [6, 6.07) is 5.66. The molecule has 9 heteroatoms. The van der Waals surface area contributed by atoms with E-state index in [1.165, 1.54) is 12.8 Å². The Balaban J connectivity index is 1.69. The van der Waals surface area contributed by atoms with Crippen LogP contribution in [-0.2, 0) is 4.79 Å². The van der Waals surface area contributed by atoms with Crippen molar-refractivity contribution in [3.8, 4) is 5.75 Å². The number of aliphatic hydroxyl groups is 1. The summed E-state index contributed by atoms with van der Waals surface area (Å²) in [6.45, 7) is 1.79. The quantitative estimate of drug-likeness (QED) is 0.640. The predicted octanol–water partition coefficient (Wildman–Crippen LogP) is 3.10. The molecule has 2 aromatic rings. The van der Waals surface area contributed by atoms with E-state index in [9.17, 15) is 4.79 Å². The molecule has 9 nitrogen and oxygen atoms in total. The summed E-state index contributed by atoms with van der Waals surface area (Å²) in [6.07, 6.45) is 8.53. The SMILES string of the molecule is CC[C@@H]1C(=O)N(C)c2cnc(Nc3ccc(C=NCO)cc3OC)nc2N1C1CCCC1. The van der Waals surface area contributed by atoms with E-state index in [1.807, 2.05) is 18.2 Å². The molecule has 32 heavy (non-hydrogen) atoms. The average Bonchev–Trinajstić information content (AvgIpc) is 3.34. The van der Waals surface area contributed by atoms with E-state index in [1.54, 1.807) is 31.5 Å². The summed E-state index contributed by atoms with van der Waals surface area (Å²) in [5, 5.41) is 12.1. The molecule has 1 atom stereocenters. The maximum Gasteiger partial charge on any atom is 0.249 e. The number of aromatic nitrogens is 2. The standard InChI is InChI=1S/C23H30N6O3/c1-4-18-22(31)28(2)19-13-25-23(27-21(19)29(18)16-7-5-6-8-16)26-17-10-9-15(12-24-14-30)11-20(17)32-3/h9-13,16,18,30H,4-8,14H2,1-3H3,(H,25,26,27)/t18-/m1/s1. The number of nitrogens with zero attached hydrogens (tertiary/aromatic N) is 5. The third kappa shape index (κ3) is 4.12. The van der Waals surface area contributed by atoms with Crippen LogP contribution in [0.25, 0.3) is 0 Å². The fourth-order valence-electron chi connectivity index (χ4n) is 4.60. The number of anilines is 4. The lowest BCUT2D eigenvalue weighted by Crippen LogP contribution is -2.55. The zero-order valence-corrected chi connectivity index (χ0v) is 18.8. The molecule has 170 valence electrons. The molecule has 1 aromatic carbocycles. The Hall–Kier alpha value is -3.20. The van der Waals surface area contributed by atoms with Crippen LogP contribution in [0.5, 0.6) is 5.75 Å². The number of aliphatic imine (C=N–C) groups is 1. The molecule has 0 spiro atoms. The summed E-state index contributed by atoms with van der Waals surface area (Å²) in [7, 11) is 3.39. The molecule has 2 aliphatic rings. The third-order valence-electron chi connectivity index (χ3n) is 6.21. The maximum atomic E-state index is 13.0. The van der Waals surface area contributed by atoms with Crippen LogP contribution in [0.2, 0.25) is 0 Å². The van der Waals surface area contributed by atoms with Gasteiger partial charge in [0.15, 0.2) is 5.82 Å². The van der Waals surface area contributed by atoms with Gasteiger partial charge in [-0.15, -0.1) is 0 Å². The molecule has 1 aliphatic carbocycles. The minimum atomic E-state index is -0.265. The molecule has 1 amide bonds. The van der Waals surface area contributed by atoms with Gasteiger partial charge in [0, 0.05) is 19.3 Å². The fourth-order valence-corrected chi connectivity index (χ4v) is 4.60. The highest BCUT2D eigenvalue weighted by molar-refractivity contribution is 6.04. The Morgan fingerprint density at radius 1 is 1.34 bits per heavy atom. The molecule has 1 fully saturated rings. The van der Waals surface area contributed by atoms with E-state index in [4.69, 9.17) is 14.8 Å². The van der Waals surface area contributed by atoms with Crippen LogP contribution >= 0.6 is 0 Å². The molecule has 4 rings (SSSR count). The molecule has 1 saturated carbocycles. The van der Waals surface area contributed by atoms with Crippen molar-refractivity contribution in [1.29, 1.82) is 0 Å². The number of hydrogen-bond donors (Lipinski definition) is 2. The number of fused-ring (bicyclic) bond motifs is 1. The molecule has 0 radical (unpaired) electrons. The van der Waals surface area contributed by atoms with Gasteiger partial charge in [0.05, 0.1) is 19.0 Å². The maximum absolute atomic E-state index is 13.0. The largest absolute Gasteiger partial charge is 0.495 e. The monoisotopic (exact) mass is 438 g/mol. The van der Waals surface area contributed by atoms with Crippen molar-refractivity contribution in [1.82, 2.24) is 9.97 Å². The smallest absolute Gasteiger partial charge is 0.249 e. The van der Waals surface area contributed by atoms with Gasteiger partial charge in [0.1, 0.15) is 24.2 Å². The van der Waals surface area contributed by atoms with Gasteiger partial charge in [-0.05, 0) is 37.0 Å². The first-order valence-corrected chi connectivity index (χ1v) is 11.1. The van der Waals surface area contributed by atoms with Gasteiger partial charge in [-0.2, -0.15) is 4.98 Å². The Bertz CT molecular complexity index is 1010. The molecule has 0 bridgehead atoms. The lowest BCUT2D eigenvalue weighted by Gasteiger charge is -2.43. The summed E-state index contributed by atoms with van der Waals surface area (Å²) < 4.78 is 5.51. The number of hydrogen-bond acceptors (Lipinski definition) is 8. The van der Waals surface area contributed by atoms with Crippen molar-refractivity contribution in [3.05, 3.63) is 30.0 Å². The Morgan fingerprint density at radius 3 is 2.81 bits per heavy atom. The minimum Gasteiger partial charge on any atom is -0.495 e. The van der Waals surface area contributed by atoms with Crippen LogP contribution in [0, 0.1) is 0 Å². The fraction of sp³-hybridized carbons (Fsp3) is 0.478. The Morgan fingerprint density at radius 2 is 2.12 bits per heavy atom. The second kappa shape index (κ2) is 9.52. The zero-order valence-electron chi connectivity index (χ0n) is 18.8. The second-order valence-electron chi connectivity index (χ2n) is 8.11. The van der Waals surface area contributed by atoms with Crippen molar-refractivity contribution in [3.63, 3.8) is 0 Å². The number of nitrogens with one attached hydrogen (secondary N) is 1. The van der Waals surface area contributed by atoms with Crippen molar-refractivity contribution in [2.24, 2.45) is 4.99 Å². The van der Waals surface area contributed by atoms with Gasteiger partial charge >= 0.3 is 0 Å². The molecule has 1 aromatic heterocycles.